The maximum Gasteiger partial charge on any atom is 0.254 e. The van der Waals surface area contributed by atoms with E-state index in [0.717, 1.165) is 42.5 Å². The number of aromatic nitrogens is 2. The molecule has 3 rings (SSSR count). The van der Waals surface area contributed by atoms with Crippen molar-refractivity contribution in [2.24, 2.45) is 5.92 Å². The van der Waals surface area contributed by atoms with E-state index in [2.05, 4.69) is 17.2 Å². The van der Waals surface area contributed by atoms with Crippen LogP contribution in [0.5, 0.6) is 0 Å². The lowest BCUT2D eigenvalue weighted by atomic mass is 10.0. The van der Waals surface area contributed by atoms with Gasteiger partial charge in [0.1, 0.15) is 5.82 Å². The summed E-state index contributed by atoms with van der Waals surface area (Å²) in [6.45, 7) is 3.88. The molecule has 1 saturated carbocycles. The Morgan fingerprint density at radius 2 is 2.28 bits per heavy atom. The van der Waals surface area contributed by atoms with E-state index in [9.17, 15) is 4.79 Å². The number of H-pyrrole nitrogens is 1. The summed E-state index contributed by atoms with van der Waals surface area (Å²) in [5.74, 6) is 2.21. The van der Waals surface area contributed by atoms with Crippen molar-refractivity contribution in [1.29, 1.82) is 0 Å². The van der Waals surface area contributed by atoms with E-state index in [4.69, 9.17) is 4.98 Å². The molecule has 4 nitrogen and oxygen atoms in total. The molecule has 18 heavy (non-hydrogen) atoms. The first kappa shape index (κ1) is 11.9. The zero-order chi connectivity index (χ0) is 12.5. The van der Waals surface area contributed by atoms with Crippen LogP contribution in [0.25, 0.3) is 0 Å². The Hall–Kier alpha value is -1.16. The molecular formula is C14H21N3O. The van der Waals surface area contributed by atoms with Gasteiger partial charge < -0.3 is 10.3 Å². The molecule has 2 unspecified atom stereocenters. The van der Waals surface area contributed by atoms with Gasteiger partial charge in [-0.2, -0.15) is 0 Å². The molecule has 1 fully saturated rings. The molecular weight excluding hydrogens is 226 g/mol. The van der Waals surface area contributed by atoms with Gasteiger partial charge in [-0.25, -0.2) is 4.98 Å². The molecule has 1 aliphatic carbocycles. The maximum absolute atomic E-state index is 12.1. The number of rotatable bonds is 2. The number of aromatic amines is 1. The Labute approximate surface area is 107 Å². The topological polar surface area (TPSA) is 57.8 Å². The first-order valence-electron chi connectivity index (χ1n) is 7.10. The van der Waals surface area contributed by atoms with Crippen LogP contribution in [0.15, 0.2) is 4.79 Å². The average molecular weight is 247 g/mol. The highest BCUT2D eigenvalue weighted by molar-refractivity contribution is 5.21. The predicted molar refractivity (Wildman–Crippen MR) is 70.6 cm³/mol. The molecule has 0 aromatic carbocycles. The fraction of sp³-hybridized carbons (Fsp3) is 0.714. The van der Waals surface area contributed by atoms with Crippen LogP contribution in [0.2, 0.25) is 0 Å². The minimum atomic E-state index is 0.0939. The lowest BCUT2D eigenvalue weighted by Crippen LogP contribution is -2.32. The lowest BCUT2D eigenvalue weighted by Gasteiger charge is -2.18. The van der Waals surface area contributed by atoms with Gasteiger partial charge in [0.15, 0.2) is 0 Å². The summed E-state index contributed by atoms with van der Waals surface area (Å²) in [4.78, 5) is 19.8. The molecule has 2 aliphatic rings. The standard InChI is InChI=1S/C14H21N3O/c1-2-9-3-4-10(7-9)13-16-12-8-15-6-5-11(12)14(18)17-13/h9-10,15H,2-8H2,1H3,(H,16,17,18). The smallest absolute Gasteiger partial charge is 0.254 e. The second-order valence-electron chi connectivity index (χ2n) is 5.59. The van der Waals surface area contributed by atoms with E-state index in [-0.39, 0.29) is 5.56 Å². The second-order valence-corrected chi connectivity index (χ2v) is 5.59. The molecule has 0 amide bonds. The van der Waals surface area contributed by atoms with Crippen molar-refractivity contribution < 1.29 is 0 Å². The number of nitrogens with one attached hydrogen (secondary N) is 2. The van der Waals surface area contributed by atoms with Crippen molar-refractivity contribution in [3.8, 4) is 0 Å². The highest BCUT2D eigenvalue weighted by atomic mass is 16.1. The van der Waals surface area contributed by atoms with Crippen LogP contribution in [0, 0.1) is 5.92 Å². The third-order valence-corrected chi connectivity index (χ3v) is 4.47. The van der Waals surface area contributed by atoms with Gasteiger partial charge in [0, 0.05) is 18.0 Å². The van der Waals surface area contributed by atoms with Gasteiger partial charge >= 0.3 is 0 Å². The van der Waals surface area contributed by atoms with Crippen molar-refractivity contribution in [1.82, 2.24) is 15.3 Å². The summed E-state index contributed by atoms with van der Waals surface area (Å²) in [7, 11) is 0. The number of hydrogen-bond acceptors (Lipinski definition) is 3. The molecule has 1 aromatic heterocycles. The van der Waals surface area contributed by atoms with Gasteiger partial charge in [-0.05, 0) is 38.1 Å². The lowest BCUT2D eigenvalue weighted by molar-refractivity contribution is 0.513. The summed E-state index contributed by atoms with van der Waals surface area (Å²) >= 11 is 0. The predicted octanol–water partition coefficient (Wildman–Crippen LogP) is 1.71. The molecule has 4 heteroatoms. The van der Waals surface area contributed by atoms with Gasteiger partial charge in [0.05, 0.1) is 5.69 Å². The highest BCUT2D eigenvalue weighted by Crippen LogP contribution is 2.38. The number of nitrogens with zero attached hydrogens (tertiary/aromatic N) is 1. The van der Waals surface area contributed by atoms with Crippen LogP contribution in [0.4, 0.5) is 0 Å². The van der Waals surface area contributed by atoms with E-state index in [1.165, 1.54) is 25.7 Å². The van der Waals surface area contributed by atoms with Gasteiger partial charge in [0.25, 0.3) is 5.56 Å². The summed E-state index contributed by atoms with van der Waals surface area (Å²) in [6, 6.07) is 0. The SMILES string of the molecule is CCC1CCC(c2nc3c(c(=O)[nH]2)CCNC3)C1. The third kappa shape index (κ3) is 2.09. The summed E-state index contributed by atoms with van der Waals surface area (Å²) in [5, 5.41) is 3.29. The minimum absolute atomic E-state index is 0.0939. The van der Waals surface area contributed by atoms with E-state index in [0.29, 0.717) is 5.92 Å². The fourth-order valence-electron chi connectivity index (χ4n) is 3.28. The zero-order valence-corrected chi connectivity index (χ0v) is 11.0. The largest absolute Gasteiger partial charge is 0.311 e. The van der Waals surface area contributed by atoms with Crippen molar-refractivity contribution in [2.75, 3.05) is 6.54 Å². The van der Waals surface area contributed by atoms with Crippen LogP contribution < -0.4 is 10.9 Å². The third-order valence-electron chi connectivity index (χ3n) is 4.47. The second kappa shape index (κ2) is 4.84. The quantitative estimate of drug-likeness (QED) is 0.836. The van der Waals surface area contributed by atoms with E-state index in [1.807, 2.05) is 0 Å². The van der Waals surface area contributed by atoms with Gasteiger partial charge in [-0.1, -0.05) is 13.3 Å². The first-order chi connectivity index (χ1) is 8.78. The monoisotopic (exact) mass is 247 g/mol. The molecule has 0 spiro atoms. The maximum atomic E-state index is 12.1. The molecule has 0 saturated heterocycles. The van der Waals surface area contributed by atoms with Crippen molar-refractivity contribution in [3.63, 3.8) is 0 Å². The Morgan fingerprint density at radius 1 is 1.39 bits per heavy atom. The van der Waals surface area contributed by atoms with E-state index >= 15 is 0 Å². The van der Waals surface area contributed by atoms with Crippen LogP contribution in [0.3, 0.4) is 0 Å². The van der Waals surface area contributed by atoms with Crippen LogP contribution in [-0.2, 0) is 13.0 Å². The first-order valence-corrected chi connectivity index (χ1v) is 7.10. The molecule has 2 atom stereocenters. The fourth-order valence-corrected chi connectivity index (χ4v) is 3.28. The van der Waals surface area contributed by atoms with Crippen LogP contribution >= 0.6 is 0 Å². The summed E-state index contributed by atoms with van der Waals surface area (Å²) < 4.78 is 0. The molecule has 0 radical (unpaired) electrons. The molecule has 2 N–H and O–H groups in total. The van der Waals surface area contributed by atoms with Crippen LogP contribution in [-0.4, -0.2) is 16.5 Å². The zero-order valence-electron chi connectivity index (χ0n) is 11.0. The van der Waals surface area contributed by atoms with Gasteiger partial charge in [-0.15, -0.1) is 0 Å². The van der Waals surface area contributed by atoms with Crippen molar-refractivity contribution >= 4 is 0 Å². The molecule has 1 aromatic rings. The van der Waals surface area contributed by atoms with Crippen molar-refractivity contribution in [2.45, 2.75) is 51.5 Å². The average Bonchev–Trinajstić information content (AvgIpc) is 2.87. The Morgan fingerprint density at radius 3 is 3.06 bits per heavy atom. The van der Waals surface area contributed by atoms with E-state index in [1.54, 1.807) is 0 Å². The summed E-state index contributed by atoms with van der Waals surface area (Å²) in [6.07, 6.45) is 5.69. The molecule has 98 valence electrons. The highest BCUT2D eigenvalue weighted by Gasteiger charge is 2.27. The van der Waals surface area contributed by atoms with Gasteiger partial charge in [-0.3, -0.25) is 4.79 Å². The Bertz CT molecular complexity index is 494. The molecule has 0 bridgehead atoms. The molecule has 2 heterocycles. The number of fused-ring (bicyclic) bond motifs is 1. The molecule has 1 aliphatic heterocycles. The minimum Gasteiger partial charge on any atom is -0.311 e. The van der Waals surface area contributed by atoms with Gasteiger partial charge in [0.2, 0.25) is 0 Å². The van der Waals surface area contributed by atoms with Crippen LogP contribution in [0.1, 0.15) is 55.6 Å². The van der Waals surface area contributed by atoms with E-state index < -0.39 is 0 Å². The summed E-state index contributed by atoms with van der Waals surface area (Å²) in [5.41, 5.74) is 1.96. The Balaban J connectivity index is 1.89. The number of hydrogen-bond donors (Lipinski definition) is 2. The Kier molecular flexibility index (Phi) is 3.20. The van der Waals surface area contributed by atoms with Crippen molar-refractivity contribution in [3.05, 3.63) is 27.4 Å². The normalized spacial score (nSPS) is 27.2.